The summed E-state index contributed by atoms with van der Waals surface area (Å²) in [5, 5.41) is 3.00. The van der Waals surface area contributed by atoms with Gasteiger partial charge in [0.25, 0.3) is 0 Å². The quantitative estimate of drug-likeness (QED) is 0.761. The van der Waals surface area contributed by atoms with Crippen LogP contribution in [0.15, 0.2) is 35.9 Å². The Morgan fingerprint density at radius 3 is 3.00 bits per heavy atom. The fourth-order valence-corrected chi connectivity index (χ4v) is 2.16. The maximum Gasteiger partial charge on any atom is 0.0460 e. The molecule has 3 heteroatoms. The zero-order valence-electron chi connectivity index (χ0n) is 8.53. The predicted molar refractivity (Wildman–Crippen MR) is 66.8 cm³/mol. The number of nitrogens with one attached hydrogen (secondary N) is 1. The Hall–Kier alpha value is -1.19. The van der Waals surface area contributed by atoms with Crippen molar-refractivity contribution in [3.8, 4) is 0 Å². The molecule has 0 aliphatic carbocycles. The van der Waals surface area contributed by atoms with Crippen LogP contribution in [-0.2, 0) is 0 Å². The summed E-state index contributed by atoms with van der Waals surface area (Å²) in [7, 11) is 0. The lowest BCUT2D eigenvalue weighted by Gasteiger charge is -2.01. The van der Waals surface area contributed by atoms with E-state index in [1.807, 2.05) is 18.3 Å². The van der Waals surface area contributed by atoms with Gasteiger partial charge in [-0.15, -0.1) is 0 Å². The number of allylic oxidation sites excluding steroid dienone is 1. The van der Waals surface area contributed by atoms with E-state index in [1.165, 1.54) is 10.9 Å². The zero-order chi connectivity index (χ0) is 10.7. The van der Waals surface area contributed by atoms with E-state index in [9.17, 15) is 0 Å². The van der Waals surface area contributed by atoms with E-state index in [0.717, 1.165) is 29.6 Å². The molecule has 1 heterocycles. The van der Waals surface area contributed by atoms with Gasteiger partial charge in [-0.3, -0.25) is 0 Å². The summed E-state index contributed by atoms with van der Waals surface area (Å²) in [6.45, 7) is 2.09. The summed E-state index contributed by atoms with van der Waals surface area (Å²) in [5.41, 5.74) is 3.46. The van der Waals surface area contributed by atoms with Crippen LogP contribution in [-0.4, -0.2) is 9.54 Å². The number of H-pyrrole nitrogens is 1. The molecule has 0 saturated carbocycles. The van der Waals surface area contributed by atoms with Gasteiger partial charge < -0.3 is 9.54 Å². The Morgan fingerprint density at radius 1 is 1.47 bits per heavy atom. The van der Waals surface area contributed by atoms with Crippen molar-refractivity contribution < 1.29 is 4.55 Å². The van der Waals surface area contributed by atoms with E-state index in [1.54, 1.807) is 5.41 Å². The summed E-state index contributed by atoms with van der Waals surface area (Å²) >= 11 is 0.765. The first-order valence-corrected chi connectivity index (χ1v) is 5.76. The van der Waals surface area contributed by atoms with Crippen molar-refractivity contribution in [2.45, 2.75) is 13.3 Å². The average molecular weight is 219 g/mol. The Morgan fingerprint density at radius 2 is 2.27 bits per heavy atom. The Balaban J connectivity index is 2.56. The summed E-state index contributed by atoms with van der Waals surface area (Å²) in [4.78, 5) is 3.23. The van der Waals surface area contributed by atoms with Gasteiger partial charge in [0, 0.05) is 40.1 Å². The standard InChI is InChI=1S/C12H13NOS/c1-2-9(8-15-14)11-7-13-12-6-4-3-5-10(11)12/h3-8,13-14H,2H2,1H3/b9-8+. The maximum atomic E-state index is 8.87. The lowest BCUT2D eigenvalue weighted by atomic mass is 10.0. The molecule has 0 spiro atoms. The number of hydrogen-bond acceptors (Lipinski definition) is 2. The van der Waals surface area contributed by atoms with Crippen molar-refractivity contribution in [2.75, 3.05) is 0 Å². The first-order valence-electron chi connectivity index (χ1n) is 4.92. The molecule has 0 aliphatic heterocycles. The summed E-state index contributed by atoms with van der Waals surface area (Å²) in [5.74, 6) is 0. The number of rotatable bonds is 3. The van der Waals surface area contributed by atoms with Crippen molar-refractivity contribution >= 4 is 28.5 Å². The Kier molecular flexibility index (Phi) is 3.14. The minimum atomic E-state index is 0.765. The number of fused-ring (bicyclic) bond motifs is 1. The van der Waals surface area contributed by atoms with Crippen molar-refractivity contribution in [2.24, 2.45) is 0 Å². The van der Waals surface area contributed by atoms with E-state index < -0.39 is 0 Å². The highest BCUT2D eigenvalue weighted by Crippen LogP contribution is 2.28. The molecule has 0 radical (unpaired) electrons. The number of aromatic nitrogens is 1. The molecule has 2 nitrogen and oxygen atoms in total. The van der Waals surface area contributed by atoms with E-state index >= 15 is 0 Å². The van der Waals surface area contributed by atoms with Crippen molar-refractivity contribution in [1.82, 2.24) is 4.98 Å². The molecular weight excluding hydrogens is 206 g/mol. The van der Waals surface area contributed by atoms with E-state index in [0.29, 0.717) is 0 Å². The van der Waals surface area contributed by atoms with E-state index in [2.05, 4.69) is 24.0 Å². The first-order chi connectivity index (χ1) is 7.36. The third kappa shape index (κ3) is 1.94. The molecule has 15 heavy (non-hydrogen) atoms. The summed E-state index contributed by atoms with van der Waals surface area (Å²) in [6.07, 6.45) is 2.91. The molecule has 0 fully saturated rings. The monoisotopic (exact) mass is 219 g/mol. The van der Waals surface area contributed by atoms with Gasteiger partial charge in [0.1, 0.15) is 0 Å². The van der Waals surface area contributed by atoms with Crippen LogP contribution in [0.3, 0.4) is 0 Å². The topological polar surface area (TPSA) is 36.0 Å². The fraction of sp³-hybridized carbons (Fsp3) is 0.167. The van der Waals surface area contributed by atoms with Gasteiger partial charge in [-0.25, -0.2) is 0 Å². The highest BCUT2D eigenvalue weighted by Gasteiger charge is 2.06. The molecule has 0 bridgehead atoms. The van der Waals surface area contributed by atoms with Crippen LogP contribution in [0.1, 0.15) is 18.9 Å². The normalized spacial score (nSPS) is 12.3. The molecule has 0 amide bonds. The second-order valence-corrected chi connectivity index (χ2v) is 3.80. The van der Waals surface area contributed by atoms with Gasteiger partial charge in [0.15, 0.2) is 0 Å². The maximum absolute atomic E-state index is 8.87. The SMILES string of the molecule is CC/C(=C\SO)c1c[nH]c2ccccc12. The van der Waals surface area contributed by atoms with Gasteiger partial charge in [-0.2, -0.15) is 0 Å². The summed E-state index contributed by atoms with van der Waals surface area (Å²) < 4.78 is 8.87. The molecule has 1 aromatic heterocycles. The van der Waals surface area contributed by atoms with Crippen LogP contribution < -0.4 is 0 Å². The molecule has 2 rings (SSSR count). The second kappa shape index (κ2) is 4.55. The third-order valence-corrected chi connectivity index (χ3v) is 2.90. The van der Waals surface area contributed by atoms with Crippen molar-refractivity contribution in [1.29, 1.82) is 0 Å². The van der Waals surface area contributed by atoms with E-state index in [-0.39, 0.29) is 0 Å². The molecule has 78 valence electrons. The fourth-order valence-electron chi connectivity index (χ4n) is 1.74. The van der Waals surface area contributed by atoms with Gasteiger partial charge in [0.2, 0.25) is 0 Å². The molecular formula is C12H13NOS. The molecule has 1 aromatic carbocycles. The number of benzene rings is 1. The average Bonchev–Trinajstić information content (AvgIpc) is 2.70. The minimum Gasteiger partial charge on any atom is -0.361 e. The van der Waals surface area contributed by atoms with Gasteiger partial charge >= 0.3 is 0 Å². The molecule has 0 unspecified atom stereocenters. The molecule has 2 N–H and O–H groups in total. The summed E-state index contributed by atoms with van der Waals surface area (Å²) in [6, 6.07) is 8.18. The Labute approximate surface area is 93.2 Å². The first kappa shape index (κ1) is 10.3. The number of para-hydroxylation sites is 1. The van der Waals surface area contributed by atoms with Crippen LogP contribution >= 0.6 is 12.0 Å². The van der Waals surface area contributed by atoms with Crippen LogP contribution in [0.2, 0.25) is 0 Å². The lowest BCUT2D eigenvalue weighted by molar-refractivity contribution is 0.671. The molecule has 0 aliphatic rings. The van der Waals surface area contributed by atoms with Crippen LogP contribution in [0.5, 0.6) is 0 Å². The third-order valence-electron chi connectivity index (χ3n) is 2.51. The zero-order valence-corrected chi connectivity index (χ0v) is 9.34. The molecule has 0 saturated heterocycles. The van der Waals surface area contributed by atoms with Crippen LogP contribution in [0.4, 0.5) is 0 Å². The van der Waals surface area contributed by atoms with Gasteiger partial charge in [-0.05, 0) is 18.1 Å². The smallest absolute Gasteiger partial charge is 0.0460 e. The van der Waals surface area contributed by atoms with Crippen LogP contribution in [0, 0.1) is 0 Å². The van der Waals surface area contributed by atoms with Crippen molar-refractivity contribution in [3.05, 3.63) is 41.4 Å². The highest BCUT2D eigenvalue weighted by atomic mass is 32.2. The largest absolute Gasteiger partial charge is 0.361 e. The predicted octanol–water partition coefficient (Wildman–Crippen LogP) is 4.13. The minimum absolute atomic E-state index is 0.765. The lowest BCUT2D eigenvalue weighted by Crippen LogP contribution is -1.79. The Bertz CT molecular complexity index is 487. The van der Waals surface area contributed by atoms with E-state index in [4.69, 9.17) is 4.55 Å². The van der Waals surface area contributed by atoms with Gasteiger partial charge in [0.05, 0.1) is 0 Å². The number of hydrogen-bond donors (Lipinski definition) is 2. The highest BCUT2D eigenvalue weighted by molar-refractivity contribution is 7.96. The van der Waals surface area contributed by atoms with Gasteiger partial charge in [-0.1, -0.05) is 25.1 Å². The second-order valence-electron chi connectivity index (χ2n) is 3.35. The molecule has 2 aromatic rings. The van der Waals surface area contributed by atoms with Crippen LogP contribution in [0.25, 0.3) is 16.5 Å². The number of aromatic amines is 1. The van der Waals surface area contributed by atoms with Crippen molar-refractivity contribution in [3.63, 3.8) is 0 Å². The molecule has 0 atom stereocenters.